The number of hydrogen-bond donors (Lipinski definition) is 3. The molecule has 34 heavy (non-hydrogen) atoms. The minimum absolute atomic E-state index is 0.0360. The van der Waals surface area contributed by atoms with Gasteiger partial charge in [0.05, 0.1) is 11.2 Å². The summed E-state index contributed by atoms with van der Waals surface area (Å²) >= 11 is 0. The molecule has 2 fully saturated rings. The second-order valence-electron chi connectivity index (χ2n) is 10.2. The number of para-hydroxylation sites is 1. The summed E-state index contributed by atoms with van der Waals surface area (Å²) in [7, 11) is 0. The number of nitrogens with one attached hydrogen (secondary N) is 2. The summed E-state index contributed by atoms with van der Waals surface area (Å²) in [6.07, 6.45) is 3.07. The Morgan fingerprint density at radius 1 is 1.00 bits per heavy atom. The van der Waals surface area contributed by atoms with Crippen LogP contribution in [-0.2, 0) is 10.2 Å². The van der Waals surface area contributed by atoms with Crippen molar-refractivity contribution in [1.29, 1.82) is 0 Å². The van der Waals surface area contributed by atoms with E-state index in [2.05, 4.69) is 31.4 Å². The summed E-state index contributed by atoms with van der Waals surface area (Å²) < 4.78 is 1.31. The Kier molecular flexibility index (Phi) is 5.11. The normalized spacial score (nSPS) is 21.3. The second-order valence-corrected chi connectivity index (χ2v) is 10.2. The first kappa shape index (κ1) is 22.0. The lowest BCUT2D eigenvalue weighted by atomic mass is 9.87. The summed E-state index contributed by atoms with van der Waals surface area (Å²) in [4.78, 5) is 40.0. The number of carbonyl (C=O) groups excluding carboxylic acids is 3. The number of hydrogen-bond acceptors (Lipinski definition) is 3. The molecule has 0 spiro atoms. The maximum atomic E-state index is 13.3. The Balaban J connectivity index is 1.36. The van der Waals surface area contributed by atoms with Crippen LogP contribution in [0.1, 0.15) is 39.2 Å². The van der Waals surface area contributed by atoms with E-state index >= 15 is 0 Å². The SMILES string of the molecule is CC(C)(C)c1cccc(NC(=O)[C@@H]2CC3CC3N2C(=O)Nc2cn(C(N)=O)c3ccccc23)c1. The molecule has 8 heteroatoms. The molecule has 3 atom stereocenters. The molecule has 5 rings (SSSR count). The number of aromatic nitrogens is 1. The van der Waals surface area contributed by atoms with Crippen LogP contribution in [0.5, 0.6) is 0 Å². The highest BCUT2D eigenvalue weighted by atomic mass is 16.2. The molecular weight excluding hydrogens is 430 g/mol. The Morgan fingerprint density at radius 2 is 1.76 bits per heavy atom. The Labute approximate surface area is 198 Å². The molecule has 2 unspecified atom stereocenters. The highest BCUT2D eigenvalue weighted by Gasteiger charge is 2.56. The van der Waals surface area contributed by atoms with Crippen LogP contribution in [0.2, 0.25) is 0 Å². The summed E-state index contributed by atoms with van der Waals surface area (Å²) in [5.41, 5.74) is 8.41. The van der Waals surface area contributed by atoms with Gasteiger partial charge >= 0.3 is 12.1 Å². The van der Waals surface area contributed by atoms with E-state index in [4.69, 9.17) is 5.73 Å². The van der Waals surface area contributed by atoms with Crippen LogP contribution in [0.3, 0.4) is 0 Å². The van der Waals surface area contributed by atoms with E-state index in [1.807, 2.05) is 36.4 Å². The lowest BCUT2D eigenvalue weighted by molar-refractivity contribution is -0.120. The number of urea groups is 1. The van der Waals surface area contributed by atoms with Crippen molar-refractivity contribution >= 4 is 40.2 Å². The van der Waals surface area contributed by atoms with Crippen molar-refractivity contribution in [1.82, 2.24) is 9.47 Å². The maximum Gasteiger partial charge on any atom is 0.323 e. The molecular formula is C26H29N5O3. The highest BCUT2D eigenvalue weighted by Crippen LogP contribution is 2.48. The van der Waals surface area contributed by atoms with Gasteiger partial charge in [-0.05, 0) is 47.9 Å². The number of piperidine rings is 1. The lowest BCUT2D eigenvalue weighted by Crippen LogP contribution is -2.47. The molecule has 1 aromatic heterocycles. The minimum Gasteiger partial charge on any atom is -0.351 e. The zero-order chi connectivity index (χ0) is 24.2. The average molecular weight is 460 g/mol. The predicted octanol–water partition coefficient (Wildman–Crippen LogP) is 4.50. The quantitative estimate of drug-likeness (QED) is 0.536. The van der Waals surface area contributed by atoms with Gasteiger partial charge in [-0.3, -0.25) is 9.36 Å². The first-order valence-electron chi connectivity index (χ1n) is 11.5. The van der Waals surface area contributed by atoms with E-state index in [0.717, 1.165) is 17.7 Å². The number of fused-ring (bicyclic) bond motifs is 2. The van der Waals surface area contributed by atoms with Gasteiger partial charge in [-0.2, -0.15) is 0 Å². The molecule has 2 aliphatic rings. The fraction of sp³-hybridized carbons (Fsp3) is 0.346. The first-order valence-corrected chi connectivity index (χ1v) is 11.5. The molecule has 2 heterocycles. The fourth-order valence-corrected chi connectivity index (χ4v) is 4.91. The monoisotopic (exact) mass is 459 g/mol. The van der Waals surface area contributed by atoms with E-state index in [1.54, 1.807) is 17.0 Å². The van der Waals surface area contributed by atoms with Crippen molar-refractivity contribution in [3.8, 4) is 0 Å². The number of nitrogens with zero attached hydrogens (tertiary/aromatic N) is 2. The van der Waals surface area contributed by atoms with Gasteiger partial charge in [0.25, 0.3) is 0 Å². The van der Waals surface area contributed by atoms with Crippen molar-refractivity contribution < 1.29 is 14.4 Å². The molecule has 1 saturated carbocycles. The van der Waals surface area contributed by atoms with Crippen LogP contribution < -0.4 is 16.4 Å². The van der Waals surface area contributed by atoms with Crippen molar-refractivity contribution in [3.63, 3.8) is 0 Å². The topological polar surface area (TPSA) is 109 Å². The number of likely N-dealkylation sites (tertiary alicyclic amines) is 1. The summed E-state index contributed by atoms with van der Waals surface area (Å²) in [6, 6.07) is 13.6. The Bertz CT molecular complexity index is 1310. The Morgan fingerprint density at radius 3 is 2.50 bits per heavy atom. The minimum atomic E-state index is -0.630. The van der Waals surface area contributed by atoms with E-state index < -0.39 is 12.1 Å². The summed E-state index contributed by atoms with van der Waals surface area (Å²) in [6.45, 7) is 6.37. The molecule has 1 aliphatic carbocycles. The molecule has 4 amide bonds. The third kappa shape index (κ3) is 3.89. The van der Waals surface area contributed by atoms with Crippen LogP contribution in [0, 0.1) is 5.92 Å². The number of amides is 4. The van der Waals surface area contributed by atoms with Crippen molar-refractivity contribution in [2.45, 2.75) is 51.1 Å². The van der Waals surface area contributed by atoms with Gasteiger partial charge < -0.3 is 21.3 Å². The standard InChI is InChI=1S/C26H29N5O3/c1-26(2,3)16-7-6-8-17(13-16)28-23(32)22-12-15-11-21(15)31(22)25(34)29-19-14-30(24(27)33)20-10-5-4-9-18(19)20/h4-10,13-15,21-22H,11-12H2,1-3H3,(H2,27,33)(H,28,32)(H,29,34)/t15?,21?,22-/m0/s1. The average Bonchev–Trinajstić information content (AvgIpc) is 3.29. The fourth-order valence-electron chi connectivity index (χ4n) is 4.91. The molecule has 0 bridgehead atoms. The molecule has 1 saturated heterocycles. The molecule has 176 valence electrons. The third-order valence-corrected chi connectivity index (χ3v) is 6.83. The zero-order valence-corrected chi connectivity index (χ0v) is 19.5. The van der Waals surface area contributed by atoms with Crippen molar-refractivity contribution in [2.75, 3.05) is 10.6 Å². The van der Waals surface area contributed by atoms with Gasteiger partial charge in [0, 0.05) is 23.3 Å². The number of rotatable bonds is 3. The largest absolute Gasteiger partial charge is 0.351 e. The van der Waals surface area contributed by atoms with Gasteiger partial charge in [0.1, 0.15) is 6.04 Å². The van der Waals surface area contributed by atoms with Crippen LogP contribution in [0.15, 0.2) is 54.7 Å². The third-order valence-electron chi connectivity index (χ3n) is 6.83. The molecule has 0 radical (unpaired) electrons. The van der Waals surface area contributed by atoms with E-state index in [1.165, 1.54) is 10.8 Å². The van der Waals surface area contributed by atoms with Crippen LogP contribution in [-0.4, -0.2) is 39.5 Å². The molecule has 1 aliphatic heterocycles. The van der Waals surface area contributed by atoms with E-state index in [9.17, 15) is 14.4 Å². The number of anilines is 2. The van der Waals surface area contributed by atoms with Gasteiger partial charge in [-0.1, -0.05) is 51.1 Å². The molecule has 2 aromatic carbocycles. The summed E-state index contributed by atoms with van der Waals surface area (Å²) in [5, 5.41) is 6.63. The van der Waals surface area contributed by atoms with Gasteiger partial charge in [-0.25, -0.2) is 9.59 Å². The smallest absolute Gasteiger partial charge is 0.323 e. The van der Waals surface area contributed by atoms with E-state index in [0.29, 0.717) is 28.9 Å². The number of primary amides is 1. The van der Waals surface area contributed by atoms with E-state index in [-0.39, 0.29) is 23.4 Å². The van der Waals surface area contributed by atoms with Crippen LogP contribution >= 0.6 is 0 Å². The lowest BCUT2D eigenvalue weighted by Gasteiger charge is -2.27. The Hall–Kier alpha value is -3.81. The number of carbonyl (C=O) groups is 3. The predicted molar refractivity (Wildman–Crippen MR) is 132 cm³/mol. The highest BCUT2D eigenvalue weighted by molar-refractivity contribution is 6.06. The first-order chi connectivity index (χ1) is 16.1. The van der Waals surface area contributed by atoms with Gasteiger partial charge in [0.15, 0.2) is 0 Å². The van der Waals surface area contributed by atoms with Crippen LogP contribution in [0.25, 0.3) is 10.9 Å². The maximum absolute atomic E-state index is 13.3. The van der Waals surface area contributed by atoms with Crippen molar-refractivity contribution in [2.24, 2.45) is 11.7 Å². The van der Waals surface area contributed by atoms with Gasteiger partial charge in [0.2, 0.25) is 5.91 Å². The second kappa shape index (κ2) is 7.90. The number of benzene rings is 2. The number of nitrogens with two attached hydrogens (primary N) is 1. The summed E-state index contributed by atoms with van der Waals surface area (Å²) in [5.74, 6) is 0.155. The van der Waals surface area contributed by atoms with Crippen molar-refractivity contribution in [3.05, 3.63) is 60.3 Å². The molecule has 4 N–H and O–H groups in total. The molecule has 3 aromatic rings. The molecule has 8 nitrogen and oxygen atoms in total. The van der Waals surface area contributed by atoms with Gasteiger partial charge in [-0.15, -0.1) is 0 Å². The van der Waals surface area contributed by atoms with Crippen LogP contribution in [0.4, 0.5) is 21.0 Å². The zero-order valence-electron chi connectivity index (χ0n) is 19.5.